The number of nitrogens with two attached hydrogens (primary N) is 1. The predicted molar refractivity (Wildman–Crippen MR) is 79.2 cm³/mol. The Morgan fingerprint density at radius 1 is 1.35 bits per heavy atom. The molecule has 0 spiro atoms. The summed E-state index contributed by atoms with van der Waals surface area (Å²) in [5.74, 6) is 0. The molecule has 2 rings (SSSR count). The number of rotatable bonds is 3. The first-order valence-corrected chi connectivity index (χ1v) is 8.43. The monoisotopic (exact) mass is 318 g/mol. The van der Waals surface area contributed by atoms with Crippen molar-refractivity contribution in [2.75, 3.05) is 5.73 Å². The van der Waals surface area contributed by atoms with Crippen molar-refractivity contribution in [3.63, 3.8) is 0 Å². The summed E-state index contributed by atoms with van der Waals surface area (Å²) in [5, 5.41) is 10.2. The second-order valence-electron chi connectivity index (χ2n) is 5.22. The van der Waals surface area contributed by atoms with Crippen molar-refractivity contribution in [2.24, 2.45) is 0 Å². The first-order chi connectivity index (χ1) is 9.31. The number of benzene rings is 1. The molecule has 7 heteroatoms. The number of sulfonamides is 1. The van der Waals surface area contributed by atoms with Crippen LogP contribution in [0.4, 0.5) is 5.69 Å². The van der Waals surface area contributed by atoms with Crippen molar-refractivity contribution < 1.29 is 13.5 Å². The van der Waals surface area contributed by atoms with Crippen LogP contribution in [0.2, 0.25) is 5.02 Å². The third-order valence-electron chi connectivity index (χ3n) is 3.60. The van der Waals surface area contributed by atoms with Crippen LogP contribution in [-0.2, 0) is 10.0 Å². The van der Waals surface area contributed by atoms with E-state index in [-0.39, 0.29) is 10.6 Å². The number of aliphatic hydroxyl groups is 1. The molecule has 2 unspecified atom stereocenters. The van der Waals surface area contributed by atoms with Crippen molar-refractivity contribution in [3.05, 3.63) is 22.7 Å². The molecule has 1 aromatic rings. The molecule has 0 radical (unpaired) electrons. The first kappa shape index (κ1) is 15.6. The summed E-state index contributed by atoms with van der Waals surface area (Å²) in [5.41, 5.74) is 6.55. The highest BCUT2D eigenvalue weighted by molar-refractivity contribution is 7.89. The molecule has 0 bridgehead atoms. The minimum absolute atomic E-state index is 0.0784. The van der Waals surface area contributed by atoms with Crippen molar-refractivity contribution in [1.29, 1.82) is 0 Å². The Hall–Kier alpha value is -0.820. The van der Waals surface area contributed by atoms with Gasteiger partial charge in [-0.3, -0.25) is 0 Å². The van der Waals surface area contributed by atoms with Gasteiger partial charge < -0.3 is 10.8 Å². The molecule has 1 aromatic carbocycles. The SMILES string of the molecule is Cc1cc(S(=O)(=O)NC2CCCCC2O)cc(N)c1Cl. The zero-order chi connectivity index (χ0) is 14.9. The molecule has 0 amide bonds. The zero-order valence-electron chi connectivity index (χ0n) is 11.3. The molecule has 1 aliphatic carbocycles. The quantitative estimate of drug-likeness (QED) is 0.741. The van der Waals surface area contributed by atoms with Crippen LogP contribution in [0.3, 0.4) is 0 Å². The molecule has 5 nitrogen and oxygen atoms in total. The summed E-state index contributed by atoms with van der Waals surface area (Å²) in [6, 6.07) is 2.38. The molecule has 0 aliphatic heterocycles. The molecule has 20 heavy (non-hydrogen) atoms. The van der Waals surface area contributed by atoms with Gasteiger partial charge in [-0.05, 0) is 37.5 Å². The number of anilines is 1. The van der Waals surface area contributed by atoms with Gasteiger partial charge in [-0.25, -0.2) is 13.1 Å². The fourth-order valence-electron chi connectivity index (χ4n) is 2.43. The second kappa shape index (κ2) is 5.89. The van der Waals surface area contributed by atoms with E-state index in [4.69, 9.17) is 17.3 Å². The zero-order valence-corrected chi connectivity index (χ0v) is 12.8. The van der Waals surface area contributed by atoms with Crippen LogP contribution in [0, 0.1) is 6.92 Å². The van der Waals surface area contributed by atoms with Crippen LogP contribution in [0.1, 0.15) is 31.2 Å². The summed E-state index contributed by atoms with van der Waals surface area (Å²) in [6.07, 6.45) is 2.46. The van der Waals surface area contributed by atoms with E-state index in [0.717, 1.165) is 12.8 Å². The minimum atomic E-state index is -3.70. The highest BCUT2D eigenvalue weighted by atomic mass is 35.5. The van der Waals surface area contributed by atoms with E-state index in [1.807, 2.05) is 0 Å². The van der Waals surface area contributed by atoms with Gasteiger partial charge in [-0.2, -0.15) is 0 Å². The fourth-order valence-corrected chi connectivity index (χ4v) is 3.97. The molecular weight excluding hydrogens is 300 g/mol. The Kier molecular flexibility index (Phi) is 4.59. The molecule has 2 atom stereocenters. The summed E-state index contributed by atoms with van der Waals surface area (Å²) in [7, 11) is -3.70. The van der Waals surface area contributed by atoms with Gasteiger partial charge >= 0.3 is 0 Å². The largest absolute Gasteiger partial charge is 0.397 e. The number of aryl methyl sites for hydroxylation is 1. The van der Waals surface area contributed by atoms with Crippen molar-refractivity contribution in [3.8, 4) is 0 Å². The van der Waals surface area contributed by atoms with Crippen LogP contribution >= 0.6 is 11.6 Å². The van der Waals surface area contributed by atoms with Crippen LogP contribution in [0.15, 0.2) is 17.0 Å². The average molecular weight is 319 g/mol. The molecule has 0 saturated heterocycles. The molecule has 4 N–H and O–H groups in total. The maximum Gasteiger partial charge on any atom is 0.240 e. The number of hydrogen-bond acceptors (Lipinski definition) is 4. The lowest BCUT2D eigenvalue weighted by Crippen LogP contribution is -2.44. The smallest absolute Gasteiger partial charge is 0.240 e. The topological polar surface area (TPSA) is 92.4 Å². The number of halogens is 1. The molecular formula is C13H19ClN2O3S. The van der Waals surface area contributed by atoms with E-state index < -0.39 is 22.2 Å². The molecule has 0 aromatic heterocycles. The van der Waals surface area contributed by atoms with Crippen LogP contribution < -0.4 is 10.5 Å². The van der Waals surface area contributed by atoms with E-state index in [1.54, 1.807) is 6.92 Å². The Bertz CT molecular complexity index is 581. The Morgan fingerprint density at radius 2 is 2.00 bits per heavy atom. The lowest BCUT2D eigenvalue weighted by atomic mass is 9.93. The van der Waals surface area contributed by atoms with Crippen molar-refractivity contribution in [1.82, 2.24) is 4.72 Å². The van der Waals surface area contributed by atoms with Crippen molar-refractivity contribution >= 4 is 27.3 Å². The lowest BCUT2D eigenvalue weighted by molar-refractivity contribution is 0.101. The summed E-state index contributed by atoms with van der Waals surface area (Å²) in [4.78, 5) is 0.0784. The Balaban J connectivity index is 2.26. The standard InChI is InChI=1S/C13H19ClN2O3S/c1-8-6-9(7-10(15)13(8)14)20(18,19)16-11-4-2-3-5-12(11)17/h6-7,11-12,16-17H,2-5,15H2,1H3. The third kappa shape index (κ3) is 3.25. The molecule has 1 fully saturated rings. The highest BCUT2D eigenvalue weighted by Gasteiger charge is 2.28. The third-order valence-corrected chi connectivity index (χ3v) is 5.59. The first-order valence-electron chi connectivity index (χ1n) is 6.57. The summed E-state index contributed by atoms with van der Waals surface area (Å²) < 4.78 is 27.2. The normalized spacial score (nSPS) is 23.8. The minimum Gasteiger partial charge on any atom is -0.397 e. The maximum absolute atomic E-state index is 12.3. The highest BCUT2D eigenvalue weighted by Crippen LogP contribution is 2.27. The van der Waals surface area contributed by atoms with Gasteiger partial charge in [0.15, 0.2) is 0 Å². The predicted octanol–water partition coefficient (Wildman–Crippen LogP) is 1.81. The van der Waals surface area contributed by atoms with Gasteiger partial charge in [0.05, 0.1) is 21.7 Å². The van der Waals surface area contributed by atoms with Gasteiger partial charge in [0, 0.05) is 6.04 Å². The van der Waals surface area contributed by atoms with Crippen molar-refractivity contribution in [2.45, 2.75) is 49.6 Å². The van der Waals surface area contributed by atoms with E-state index in [1.165, 1.54) is 12.1 Å². The Morgan fingerprint density at radius 3 is 2.60 bits per heavy atom. The number of aliphatic hydroxyl groups excluding tert-OH is 1. The van der Waals surface area contributed by atoms with Gasteiger partial charge in [0.1, 0.15) is 0 Å². The molecule has 112 valence electrons. The average Bonchev–Trinajstić information content (AvgIpc) is 2.38. The Labute approximate surface area is 124 Å². The second-order valence-corrected chi connectivity index (χ2v) is 7.31. The molecule has 1 aliphatic rings. The lowest BCUT2D eigenvalue weighted by Gasteiger charge is -2.28. The molecule has 1 saturated carbocycles. The van der Waals surface area contributed by atoms with Gasteiger partial charge in [-0.15, -0.1) is 0 Å². The van der Waals surface area contributed by atoms with E-state index in [2.05, 4.69) is 4.72 Å². The van der Waals surface area contributed by atoms with Gasteiger partial charge in [0.2, 0.25) is 10.0 Å². The molecule has 0 heterocycles. The van der Waals surface area contributed by atoms with Crippen LogP contribution in [-0.4, -0.2) is 25.7 Å². The van der Waals surface area contributed by atoms with Gasteiger partial charge in [0.25, 0.3) is 0 Å². The van der Waals surface area contributed by atoms with E-state index in [0.29, 0.717) is 23.4 Å². The summed E-state index contributed by atoms with van der Waals surface area (Å²) in [6.45, 7) is 1.70. The summed E-state index contributed by atoms with van der Waals surface area (Å²) >= 11 is 5.93. The number of hydrogen-bond donors (Lipinski definition) is 3. The number of nitrogen functional groups attached to an aromatic ring is 1. The van der Waals surface area contributed by atoms with Gasteiger partial charge in [-0.1, -0.05) is 24.4 Å². The maximum atomic E-state index is 12.3. The van der Waals surface area contributed by atoms with E-state index >= 15 is 0 Å². The van der Waals surface area contributed by atoms with Crippen LogP contribution in [0.25, 0.3) is 0 Å². The number of nitrogens with one attached hydrogen (secondary N) is 1. The fraction of sp³-hybridized carbons (Fsp3) is 0.538. The van der Waals surface area contributed by atoms with E-state index in [9.17, 15) is 13.5 Å². The van der Waals surface area contributed by atoms with Crippen LogP contribution in [0.5, 0.6) is 0 Å².